The van der Waals surface area contributed by atoms with E-state index in [4.69, 9.17) is 9.47 Å². The third-order valence-electron chi connectivity index (χ3n) is 5.93. The number of ketones is 1. The zero-order chi connectivity index (χ0) is 21.3. The second-order valence-corrected chi connectivity index (χ2v) is 7.82. The summed E-state index contributed by atoms with van der Waals surface area (Å²) in [7, 11) is 1.62. The van der Waals surface area contributed by atoms with Gasteiger partial charge in [-0.25, -0.2) is 0 Å². The van der Waals surface area contributed by atoms with Crippen LogP contribution in [0.1, 0.15) is 34.0 Å². The molecule has 0 amide bonds. The minimum atomic E-state index is -0.143. The molecule has 1 N–H and O–H groups in total. The number of aryl methyl sites for hydroxylation is 1. The lowest BCUT2D eigenvalue weighted by Crippen LogP contribution is -2.45. The van der Waals surface area contributed by atoms with Crippen molar-refractivity contribution in [3.05, 3.63) is 58.3 Å². The number of Topliss-reactive ketones (excluding diaryl/α,β-unsaturated/α-hetero) is 1. The average molecular weight is 408 g/mol. The number of aromatic hydroxyl groups is 1. The Bertz CT molecular complexity index is 974. The van der Waals surface area contributed by atoms with Gasteiger partial charge in [0.1, 0.15) is 17.2 Å². The summed E-state index contributed by atoms with van der Waals surface area (Å²) in [5, 5.41) is 10.6. The SMILES string of the molecule is CCN1CCN(Cc2c(O)cc(C)c3c2O/C(=C\c2ccc(OC)cc2)C3=O)CC1. The lowest BCUT2D eigenvalue weighted by Gasteiger charge is -2.34. The van der Waals surface area contributed by atoms with Gasteiger partial charge in [0, 0.05) is 32.7 Å². The summed E-state index contributed by atoms with van der Waals surface area (Å²) in [6, 6.07) is 9.12. The van der Waals surface area contributed by atoms with Crippen LogP contribution in [-0.2, 0) is 6.54 Å². The zero-order valence-electron chi connectivity index (χ0n) is 17.8. The first kappa shape index (κ1) is 20.4. The van der Waals surface area contributed by atoms with Crippen LogP contribution in [0.2, 0.25) is 0 Å². The first-order valence-corrected chi connectivity index (χ1v) is 10.4. The molecule has 6 heteroatoms. The zero-order valence-corrected chi connectivity index (χ0v) is 17.8. The fourth-order valence-electron chi connectivity index (χ4n) is 4.07. The number of phenols is 1. The lowest BCUT2D eigenvalue weighted by molar-refractivity contribution is 0.101. The number of carbonyl (C=O) groups is 1. The summed E-state index contributed by atoms with van der Waals surface area (Å²) in [6.45, 7) is 9.49. The average Bonchev–Trinajstić information content (AvgIpc) is 3.08. The summed E-state index contributed by atoms with van der Waals surface area (Å²) in [5.74, 6) is 1.57. The number of carbonyl (C=O) groups excluding carboxylic acids is 1. The molecule has 1 saturated heterocycles. The van der Waals surface area contributed by atoms with Crippen LogP contribution in [0.25, 0.3) is 6.08 Å². The highest BCUT2D eigenvalue weighted by atomic mass is 16.5. The molecule has 0 aromatic heterocycles. The predicted molar refractivity (Wildman–Crippen MR) is 116 cm³/mol. The van der Waals surface area contributed by atoms with Gasteiger partial charge in [-0.3, -0.25) is 9.69 Å². The van der Waals surface area contributed by atoms with Gasteiger partial charge in [0.25, 0.3) is 0 Å². The summed E-state index contributed by atoms with van der Waals surface area (Å²) in [6.07, 6.45) is 1.74. The maximum Gasteiger partial charge on any atom is 0.232 e. The minimum absolute atomic E-state index is 0.143. The molecule has 0 unspecified atom stereocenters. The first-order valence-electron chi connectivity index (χ1n) is 10.4. The number of rotatable bonds is 5. The molecule has 6 nitrogen and oxygen atoms in total. The molecule has 4 rings (SSSR count). The Hall–Kier alpha value is -2.83. The number of benzene rings is 2. The number of likely N-dealkylation sites (N-methyl/N-ethyl adjacent to an activating group) is 1. The van der Waals surface area contributed by atoms with Gasteiger partial charge in [-0.2, -0.15) is 0 Å². The van der Waals surface area contributed by atoms with Crippen molar-refractivity contribution in [2.75, 3.05) is 39.8 Å². The normalized spacial score (nSPS) is 18.5. The Balaban J connectivity index is 1.61. The number of ether oxygens (including phenoxy) is 2. The van der Waals surface area contributed by atoms with Gasteiger partial charge in [0.15, 0.2) is 5.76 Å². The Morgan fingerprint density at radius 2 is 1.80 bits per heavy atom. The molecule has 2 aliphatic heterocycles. The molecule has 2 aromatic carbocycles. The van der Waals surface area contributed by atoms with Gasteiger partial charge in [-0.05, 0) is 48.9 Å². The van der Waals surface area contributed by atoms with Gasteiger partial charge < -0.3 is 19.5 Å². The van der Waals surface area contributed by atoms with E-state index < -0.39 is 0 Å². The Labute approximate surface area is 177 Å². The minimum Gasteiger partial charge on any atom is -0.507 e. The lowest BCUT2D eigenvalue weighted by atomic mass is 9.99. The van der Waals surface area contributed by atoms with Crippen LogP contribution in [0.3, 0.4) is 0 Å². The molecule has 0 spiro atoms. The van der Waals surface area contributed by atoms with Crippen molar-refractivity contribution in [2.24, 2.45) is 0 Å². The van der Waals surface area contributed by atoms with Crippen molar-refractivity contribution in [3.8, 4) is 17.2 Å². The molecular weight excluding hydrogens is 380 g/mol. The number of nitrogens with zero attached hydrogens (tertiary/aromatic N) is 2. The standard InChI is InChI=1S/C24H28N2O4/c1-4-25-9-11-26(12-10-25)15-19-20(27)13-16(2)22-23(28)21(30-24(19)22)14-17-5-7-18(29-3)8-6-17/h5-8,13-14,27H,4,9-12,15H2,1-3H3/b21-14-. The van der Waals surface area contributed by atoms with E-state index in [2.05, 4.69) is 16.7 Å². The van der Waals surface area contributed by atoms with Crippen LogP contribution >= 0.6 is 0 Å². The highest BCUT2D eigenvalue weighted by Gasteiger charge is 2.34. The molecule has 1 fully saturated rings. The van der Waals surface area contributed by atoms with Gasteiger partial charge in [-0.1, -0.05) is 19.1 Å². The Morgan fingerprint density at radius 3 is 2.43 bits per heavy atom. The van der Waals surface area contributed by atoms with E-state index in [9.17, 15) is 9.90 Å². The van der Waals surface area contributed by atoms with E-state index in [1.165, 1.54) is 0 Å². The number of allylic oxidation sites excluding steroid dienone is 1. The van der Waals surface area contributed by atoms with Crippen molar-refractivity contribution in [1.29, 1.82) is 0 Å². The van der Waals surface area contributed by atoms with E-state index in [1.54, 1.807) is 19.3 Å². The van der Waals surface area contributed by atoms with E-state index >= 15 is 0 Å². The van der Waals surface area contributed by atoms with E-state index in [-0.39, 0.29) is 17.3 Å². The van der Waals surface area contributed by atoms with Crippen LogP contribution in [0.15, 0.2) is 36.1 Å². The second kappa shape index (κ2) is 8.50. The molecule has 158 valence electrons. The highest BCUT2D eigenvalue weighted by Crippen LogP contribution is 2.42. The van der Waals surface area contributed by atoms with Crippen LogP contribution in [0.4, 0.5) is 0 Å². The van der Waals surface area contributed by atoms with Gasteiger partial charge >= 0.3 is 0 Å². The molecule has 2 heterocycles. The fraction of sp³-hybridized carbons (Fsp3) is 0.375. The Kier molecular flexibility index (Phi) is 5.79. The fourth-order valence-corrected chi connectivity index (χ4v) is 4.07. The van der Waals surface area contributed by atoms with E-state index in [0.717, 1.165) is 49.6 Å². The first-order chi connectivity index (χ1) is 14.5. The van der Waals surface area contributed by atoms with Crippen LogP contribution in [0, 0.1) is 6.92 Å². The van der Waals surface area contributed by atoms with Gasteiger partial charge in [0.05, 0.1) is 18.2 Å². The van der Waals surface area contributed by atoms with Crippen molar-refractivity contribution in [1.82, 2.24) is 9.80 Å². The topological polar surface area (TPSA) is 62.2 Å². The summed E-state index contributed by atoms with van der Waals surface area (Å²) >= 11 is 0. The number of piperazine rings is 1. The van der Waals surface area contributed by atoms with Crippen molar-refractivity contribution >= 4 is 11.9 Å². The van der Waals surface area contributed by atoms with E-state index in [1.807, 2.05) is 31.2 Å². The highest BCUT2D eigenvalue weighted by molar-refractivity contribution is 6.15. The van der Waals surface area contributed by atoms with Crippen LogP contribution in [-0.4, -0.2) is 60.5 Å². The van der Waals surface area contributed by atoms with Crippen molar-refractivity contribution < 1.29 is 19.4 Å². The number of hydrogen-bond donors (Lipinski definition) is 1. The maximum atomic E-state index is 13.1. The molecule has 2 aromatic rings. The second-order valence-electron chi connectivity index (χ2n) is 7.82. The monoisotopic (exact) mass is 408 g/mol. The van der Waals surface area contributed by atoms with Gasteiger partial charge in [-0.15, -0.1) is 0 Å². The number of fused-ring (bicyclic) bond motifs is 1. The molecule has 0 radical (unpaired) electrons. The molecule has 0 atom stereocenters. The van der Waals surface area contributed by atoms with E-state index in [0.29, 0.717) is 23.4 Å². The molecule has 2 aliphatic rings. The van der Waals surface area contributed by atoms with Gasteiger partial charge in [0.2, 0.25) is 5.78 Å². The molecular formula is C24H28N2O4. The molecule has 0 aliphatic carbocycles. The molecule has 0 saturated carbocycles. The largest absolute Gasteiger partial charge is 0.507 e. The quantitative estimate of drug-likeness (QED) is 0.765. The number of methoxy groups -OCH3 is 1. The molecule has 0 bridgehead atoms. The maximum absolute atomic E-state index is 13.1. The van der Waals surface area contributed by atoms with Crippen molar-refractivity contribution in [3.63, 3.8) is 0 Å². The third kappa shape index (κ3) is 3.93. The number of phenolic OH excluding ortho intramolecular Hbond substituents is 1. The third-order valence-corrected chi connectivity index (χ3v) is 5.93. The Morgan fingerprint density at radius 1 is 1.13 bits per heavy atom. The van der Waals surface area contributed by atoms with Crippen molar-refractivity contribution in [2.45, 2.75) is 20.4 Å². The summed E-state index contributed by atoms with van der Waals surface area (Å²) in [5.41, 5.74) is 2.82. The molecule has 30 heavy (non-hydrogen) atoms. The predicted octanol–water partition coefficient (Wildman–Crippen LogP) is 3.46. The smallest absolute Gasteiger partial charge is 0.232 e. The van der Waals surface area contributed by atoms with Crippen LogP contribution in [0.5, 0.6) is 17.2 Å². The number of hydrogen-bond acceptors (Lipinski definition) is 6. The summed E-state index contributed by atoms with van der Waals surface area (Å²) < 4.78 is 11.2. The van der Waals surface area contributed by atoms with Crippen LogP contribution < -0.4 is 9.47 Å². The summed E-state index contributed by atoms with van der Waals surface area (Å²) in [4.78, 5) is 17.8.